The summed E-state index contributed by atoms with van der Waals surface area (Å²) >= 11 is 0. The van der Waals surface area contributed by atoms with Gasteiger partial charge in [-0.15, -0.1) is 0 Å². The summed E-state index contributed by atoms with van der Waals surface area (Å²) in [5.74, 6) is 0.202. The molecule has 1 aromatic carbocycles. The second-order valence-electron chi connectivity index (χ2n) is 5.43. The molecular weight excluding hydrogens is 236 g/mol. The van der Waals surface area contributed by atoms with Crippen LogP contribution < -0.4 is 10.2 Å². The van der Waals surface area contributed by atoms with Crippen LogP contribution in [0.2, 0.25) is 0 Å². The molecule has 3 heteroatoms. The largest absolute Gasteiger partial charge is 0.351 e. The lowest BCUT2D eigenvalue weighted by Crippen LogP contribution is -3.13. The fourth-order valence-corrected chi connectivity index (χ4v) is 2.69. The fourth-order valence-electron chi connectivity index (χ4n) is 2.69. The SMILES string of the molecule is O=C(C[NH+]1CCCCCC1)NCCc1ccccc1. The predicted octanol–water partition coefficient (Wildman–Crippen LogP) is 0.804. The molecule has 104 valence electrons. The molecule has 3 nitrogen and oxygen atoms in total. The van der Waals surface area contributed by atoms with Gasteiger partial charge in [-0.25, -0.2) is 0 Å². The molecule has 0 saturated carbocycles. The van der Waals surface area contributed by atoms with Gasteiger partial charge in [-0.2, -0.15) is 0 Å². The molecule has 0 radical (unpaired) electrons. The lowest BCUT2D eigenvalue weighted by atomic mass is 10.1. The molecule has 1 aliphatic rings. The van der Waals surface area contributed by atoms with Crippen molar-refractivity contribution in [2.45, 2.75) is 32.1 Å². The summed E-state index contributed by atoms with van der Waals surface area (Å²) in [5, 5.41) is 3.04. The van der Waals surface area contributed by atoms with Crippen molar-refractivity contribution < 1.29 is 9.69 Å². The molecule has 0 atom stereocenters. The van der Waals surface area contributed by atoms with Crippen molar-refractivity contribution >= 4 is 5.91 Å². The highest BCUT2D eigenvalue weighted by atomic mass is 16.2. The van der Waals surface area contributed by atoms with Crippen molar-refractivity contribution in [2.75, 3.05) is 26.2 Å². The minimum atomic E-state index is 0.202. The van der Waals surface area contributed by atoms with Crippen LogP contribution in [-0.4, -0.2) is 32.1 Å². The third-order valence-corrected chi connectivity index (χ3v) is 3.80. The maximum Gasteiger partial charge on any atom is 0.275 e. The van der Waals surface area contributed by atoms with E-state index < -0.39 is 0 Å². The fraction of sp³-hybridized carbons (Fsp3) is 0.562. The zero-order chi connectivity index (χ0) is 13.3. The third kappa shape index (κ3) is 5.43. The summed E-state index contributed by atoms with van der Waals surface area (Å²) in [7, 11) is 0. The van der Waals surface area contributed by atoms with Gasteiger partial charge >= 0.3 is 0 Å². The topological polar surface area (TPSA) is 33.5 Å². The van der Waals surface area contributed by atoms with E-state index in [0.717, 1.165) is 26.1 Å². The summed E-state index contributed by atoms with van der Waals surface area (Å²) in [5.41, 5.74) is 1.28. The molecule has 1 aliphatic heterocycles. The Hall–Kier alpha value is -1.35. The Kier molecular flexibility index (Phi) is 5.89. The van der Waals surface area contributed by atoms with Gasteiger partial charge in [-0.3, -0.25) is 4.79 Å². The van der Waals surface area contributed by atoms with Crippen LogP contribution in [0.4, 0.5) is 0 Å². The number of carbonyl (C=O) groups is 1. The molecule has 1 heterocycles. The molecule has 0 aromatic heterocycles. The van der Waals surface area contributed by atoms with Crippen molar-refractivity contribution in [3.8, 4) is 0 Å². The maximum atomic E-state index is 11.9. The van der Waals surface area contributed by atoms with Gasteiger partial charge in [0.05, 0.1) is 13.1 Å². The Morgan fingerprint density at radius 2 is 1.74 bits per heavy atom. The van der Waals surface area contributed by atoms with Crippen LogP contribution >= 0.6 is 0 Å². The van der Waals surface area contributed by atoms with Crippen molar-refractivity contribution in [2.24, 2.45) is 0 Å². The zero-order valence-electron chi connectivity index (χ0n) is 11.7. The lowest BCUT2D eigenvalue weighted by Gasteiger charge is -2.16. The van der Waals surface area contributed by atoms with E-state index in [1.54, 1.807) is 0 Å². The quantitative estimate of drug-likeness (QED) is 0.808. The summed E-state index contributed by atoms with van der Waals surface area (Å²) in [6, 6.07) is 10.3. The van der Waals surface area contributed by atoms with Gasteiger partial charge in [0.1, 0.15) is 0 Å². The van der Waals surface area contributed by atoms with Crippen LogP contribution in [0.1, 0.15) is 31.2 Å². The van der Waals surface area contributed by atoms with Crippen molar-refractivity contribution in [1.82, 2.24) is 5.32 Å². The Labute approximate surface area is 116 Å². The number of hydrogen-bond acceptors (Lipinski definition) is 1. The summed E-state index contributed by atoms with van der Waals surface area (Å²) < 4.78 is 0. The molecule has 0 aliphatic carbocycles. The number of likely N-dealkylation sites (tertiary alicyclic amines) is 1. The van der Waals surface area contributed by atoms with Gasteiger partial charge in [0.25, 0.3) is 5.91 Å². The Morgan fingerprint density at radius 3 is 2.42 bits per heavy atom. The van der Waals surface area contributed by atoms with E-state index in [4.69, 9.17) is 0 Å². The second-order valence-corrected chi connectivity index (χ2v) is 5.43. The van der Waals surface area contributed by atoms with Crippen LogP contribution in [0.25, 0.3) is 0 Å². The minimum absolute atomic E-state index is 0.202. The lowest BCUT2D eigenvalue weighted by molar-refractivity contribution is -0.891. The van der Waals surface area contributed by atoms with E-state index in [2.05, 4.69) is 17.4 Å². The number of rotatable bonds is 5. The normalized spacial score (nSPS) is 16.8. The molecule has 1 amide bonds. The first-order valence-corrected chi connectivity index (χ1v) is 7.49. The predicted molar refractivity (Wildman–Crippen MR) is 77.2 cm³/mol. The summed E-state index contributed by atoms with van der Waals surface area (Å²) in [6.45, 7) is 3.71. The van der Waals surface area contributed by atoms with Gasteiger partial charge in [0.15, 0.2) is 6.54 Å². The van der Waals surface area contributed by atoms with Crippen LogP contribution in [0, 0.1) is 0 Å². The maximum absolute atomic E-state index is 11.9. The van der Waals surface area contributed by atoms with E-state index in [0.29, 0.717) is 6.54 Å². The van der Waals surface area contributed by atoms with Crippen LogP contribution in [0.15, 0.2) is 30.3 Å². The molecule has 0 unspecified atom stereocenters. The van der Waals surface area contributed by atoms with E-state index in [9.17, 15) is 4.79 Å². The van der Waals surface area contributed by atoms with E-state index >= 15 is 0 Å². The summed E-state index contributed by atoms with van der Waals surface area (Å²) in [6.07, 6.45) is 6.12. The second kappa shape index (κ2) is 7.95. The van der Waals surface area contributed by atoms with Crippen LogP contribution in [-0.2, 0) is 11.2 Å². The first-order chi connectivity index (χ1) is 9.34. The first kappa shape index (κ1) is 14.1. The van der Waals surface area contributed by atoms with Gasteiger partial charge in [-0.1, -0.05) is 30.3 Å². The third-order valence-electron chi connectivity index (χ3n) is 3.80. The highest BCUT2D eigenvalue weighted by Gasteiger charge is 2.15. The zero-order valence-corrected chi connectivity index (χ0v) is 11.7. The first-order valence-electron chi connectivity index (χ1n) is 7.49. The molecule has 19 heavy (non-hydrogen) atoms. The number of nitrogens with one attached hydrogen (secondary N) is 2. The highest BCUT2D eigenvalue weighted by molar-refractivity contribution is 5.76. The van der Waals surface area contributed by atoms with E-state index in [1.165, 1.54) is 36.1 Å². The molecule has 1 aromatic rings. The van der Waals surface area contributed by atoms with Crippen molar-refractivity contribution in [1.29, 1.82) is 0 Å². The van der Waals surface area contributed by atoms with Gasteiger partial charge in [-0.05, 0) is 37.7 Å². The van der Waals surface area contributed by atoms with E-state index in [1.807, 2.05) is 18.2 Å². The average molecular weight is 261 g/mol. The Morgan fingerprint density at radius 1 is 1.05 bits per heavy atom. The smallest absolute Gasteiger partial charge is 0.275 e. The molecule has 0 bridgehead atoms. The molecule has 2 rings (SSSR count). The highest BCUT2D eigenvalue weighted by Crippen LogP contribution is 1.99. The number of carbonyl (C=O) groups excluding carboxylic acids is 1. The minimum Gasteiger partial charge on any atom is -0.351 e. The van der Waals surface area contributed by atoms with Gasteiger partial charge in [0, 0.05) is 6.54 Å². The van der Waals surface area contributed by atoms with Gasteiger partial charge in [0.2, 0.25) is 0 Å². The molecule has 1 fully saturated rings. The average Bonchev–Trinajstić information content (AvgIpc) is 2.68. The standard InChI is InChI=1S/C16H24N2O/c19-16(14-18-12-6-1-2-7-13-18)17-11-10-15-8-4-3-5-9-15/h3-5,8-9H,1-2,6-7,10-14H2,(H,17,19)/p+1. The van der Waals surface area contributed by atoms with E-state index in [-0.39, 0.29) is 5.91 Å². The summed E-state index contributed by atoms with van der Waals surface area (Å²) in [4.78, 5) is 13.3. The van der Waals surface area contributed by atoms with Crippen molar-refractivity contribution in [3.05, 3.63) is 35.9 Å². The molecule has 1 saturated heterocycles. The Bertz CT molecular complexity index is 370. The van der Waals surface area contributed by atoms with Crippen LogP contribution in [0.5, 0.6) is 0 Å². The number of amides is 1. The van der Waals surface area contributed by atoms with Crippen LogP contribution in [0.3, 0.4) is 0 Å². The monoisotopic (exact) mass is 261 g/mol. The van der Waals surface area contributed by atoms with Gasteiger partial charge < -0.3 is 10.2 Å². The number of quaternary nitrogens is 1. The number of benzene rings is 1. The van der Waals surface area contributed by atoms with Crippen molar-refractivity contribution in [3.63, 3.8) is 0 Å². The molecular formula is C16H25N2O+. The Balaban J connectivity index is 1.64. The number of hydrogen-bond donors (Lipinski definition) is 2. The molecule has 0 spiro atoms. The molecule has 2 N–H and O–H groups in total.